The first-order valence-corrected chi connectivity index (χ1v) is 10.9. The van der Waals surface area contributed by atoms with Crippen LogP contribution in [0, 0.1) is 12.8 Å². The second-order valence-electron chi connectivity index (χ2n) is 8.52. The number of halogens is 1. The van der Waals surface area contributed by atoms with Crippen LogP contribution >= 0.6 is 11.6 Å². The van der Waals surface area contributed by atoms with Gasteiger partial charge in [0.2, 0.25) is 5.88 Å². The van der Waals surface area contributed by atoms with E-state index in [1.165, 1.54) is 11.1 Å². The minimum atomic E-state index is -0.378. The maximum atomic E-state index is 7.23. The number of benzene rings is 1. The lowest BCUT2D eigenvalue weighted by molar-refractivity contribution is 0.0807. The molecule has 0 spiro atoms. The number of alkyl halides is 1. The Kier molecular flexibility index (Phi) is 4.99. The molecule has 3 heterocycles. The maximum Gasteiger partial charge on any atom is 0.213 e. The van der Waals surface area contributed by atoms with Gasteiger partial charge in [0.15, 0.2) is 5.82 Å². The van der Waals surface area contributed by atoms with Gasteiger partial charge in [-0.15, -0.1) is 21.8 Å². The number of aryl methyl sites for hydroxylation is 1. The molecule has 1 saturated carbocycles. The molecule has 5 rings (SSSR count). The van der Waals surface area contributed by atoms with Crippen LogP contribution in [0.25, 0.3) is 5.69 Å². The quantitative estimate of drug-likeness (QED) is 0.637. The highest BCUT2D eigenvalue weighted by Crippen LogP contribution is 2.46. The number of fused-ring (bicyclic) bond motifs is 3. The summed E-state index contributed by atoms with van der Waals surface area (Å²) in [6.07, 6.45) is 4.56. The molecule has 6 nitrogen and oxygen atoms in total. The van der Waals surface area contributed by atoms with Crippen molar-refractivity contribution < 1.29 is 4.74 Å². The Hall–Kier alpha value is -2.44. The molecular weight excluding hydrogens is 398 g/mol. The van der Waals surface area contributed by atoms with E-state index in [0.717, 1.165) is 43.0 Å². The van der Waals surface area contributed by atoms with Gasteiger partial charge in [0.1, 0.15) is 12.4 Å². The van der Waals surface area contributed by atoms with Crippen molar-refractivity contribution in [2.24, 2.45) is 5.92 Å². The predicted molar refractivity (Wildman–Crippen MR) is 116 cm³/mol. The zero-order valence-electron chi connectivity index (χ0n) is 17.3. The van der Waals surface area contributed by atoms with Crippen LogP contribution in [0.5, 0.6) is 5.88 Å². The Balaban J connectivity index is 1.36. The van der Waals surface area contributed by atoms with E-state index in [2.05, 4.69) is 50.2 Å². The van der Waals surface area contributed by atoms with E-state index in [9.17, 15) is 0 Å². The van der Waals surface area contributed by atoms with Crippen molar-refractivity contribution in [1.29, 1.82) is 0 Å². The third kappa shape index (κ3) is 3.59. The van der Waals surface area contributed by atoms with Gasteiger partial charge in [-0.3, -0.25) is 4.57 Å². The average Bonchev–Trinajstić information content (AvgIpc) is 3.12. The summed E-state index contributed by atoms with van der Waals surface area (Å²) < 4.78 is 8.28. The van der Waals surface area contributed by atoms with Gasteiger partial charge in [-0.05, 0) is 55.4 Å². The summed E-state index contributed by atoms with van der Waals surface area (Å²) in [5.74, 6) is 1.97. The largest absolute Gasteiger partial charge is 0.474 e. The Morgan fingerprint density at radius 1 is 1.23 bits per heavy atom. The topological polar surface area (TPSA) is 64.9 Å². The highest BCUT2D eigenvalue weighted by molar-refractivity contribution is 6.24. The number of nitrogens with one attached hydrogen (secondary N) is 1. The fourth-order valence-electron chi connectivity index (χ4n) is 4.71. The van der Waals surface area contributed by atoms with Crippen molar-refractivity contribution in [3.05, 3.63) is 65.4 Å². The fraction of sp³-hybridized carbons (Fsp3) is 0.435. The number of hydrogen-bond acceptors (Lipinski definition) is 5. The molecule has 3 atom stereocenters. The summed E-state index contributed by atoms with van der Waals surface area (Å²) in [4.78, 5) is 4.11. The molecular formula is C23H26ClN5O. The fourth-order valence-corrected chi connectivity index (χ4v) is 5.18. The van der Waals surface area contributed by atoms with Crippen LogP contribution in [0.1, 0.15) is 48.8 Å². The molecule has 2 aliphatic rings. The SMILES string of the molecule is Cc1cccc(OC2CCC(Cl)(c3ccc4c(c3)CNCc3nncn3-4)CC2C)n1. The molecule has 1 fully saturated rings. The molecule has 1 aliphatic heterocycles. The Labute approximate surface area is 181 Å². The molecule has 30 heavy (non-hydrogen) atoms. The molecule has 1 aromatic carbocycles. The summed E-state index contributed by atoms with van der Waals surface area (Å²) in [6.45, 7) is 5.71. The third-order valence-corrected chi connectivity index (χ3v) is 6.88. The summed E-state index contributed by atoms with van der Waals surface area (Å²) >= 11 is 7.23. The minimum Gasteiger partial charge on any atom is -0.474 e. The van der Waals surface area contributed by atoms with Gasteiger partial charge in [-0.25, -0.2) is 4.98 Å². The van der Waals surface area contributed by atoms with Crippen molar-refractivity contribution >= 4 is 11.6 Å². The maximum absolute atomic E-state index is 7.23. The molecule has 0 amide bonds. The van der Waals surface area contributed by atoms with Crippen LogP contribution in [-0.2, 0) is 18.0 Å². The predicted octanol–water partition coefficient (Wildman–Crippen LogP) is 4.28. The zero-order chi connectivity index (χ0) is 20.7. The molecule has 1 aliphatic carbocycles. The second-order valence-corrected chi connectivity index (χ2v) is 9.25. The van der Waals surface area contributed by atoms with Gasteiger partial charge in [-0.1, -0.05) is 25.1 Å². The van der Waals surface area contributed by atoms with Gasteiger partial charge < -0.3 is 10.1 Å². The van der Waals surface area contributed by atoms with Gasteiger partial charge >= 0.3 is 0 Å². The molecule has 2 aromatic heterocycles. The first kappa shape index (κ1) is 19.5. The van der Waals surface area contributed by atoms with Crippen LogP contribution in [0.4, 0.5) is 0 Å². The smallest absolute Gasteiger partial charge is 0.213 e. The standard InChI is InChI=1S/C23H26ClN5O/c1-15-11-23(24,9-8-20(15)30-22-5-3-4-16(2)27-22)18-6-7-19-17(10-18)12-25-13-21-28-26-14-29(19)21/h3-7,10,14-15,20,25H,8-9,11-13H2,1-2H3. The van der Waals surface area contributed by atoms with E-state index < -0.39 is 0 Å². The highest BCUT2D eigenvalue weighted by atomic mass is 35.5. The number of rotatable bonds is 3. The number of ether oxygens (including phenoxy) is 1. The Morgan fingerprint density at radius 2 is 2.13 bits per heavy atom. The van der Waals surface area contributed by atoms with E-state index in [4.69, 9.17) is 16.3 Å². The van der Waals surface area contributed by atoms with Crippen molar-refractivity contribution in [1.82, 2.24) is 25.1 Å². The lowest BCUT2D eigenvalue weighted by Gasteiger charge is -2.40. The normalized spacial score (nSPS) is 25.8. The molecule has 3 unspecified atom stereocenters. The van der Waals surface area contributed by atoms with E-state index in [0.29, 0.717) is 18.3 Å². The average molecular weight is 424 g/mol. The first-order chi connectivity index (χ1) is 14.5. The van der Waals surface area contributed by atoms with E-state index in [-0.39, 0.29) is 11.0 Å². The Morgan fingerprint density at radius 3 is 2.97 bits per heavy atom. The second kappa shape index (κ2) is 7.67. The number of hydrogen-bond donors (Lipinski definition) is 1. The van der Waals surface area contributed by atoms with E-state index >= 15 is 0 Å². The summed E-state index contributed by atoms with van der Waals surface area (Å²) in [7, 11) is 0. The van der Waals surface area contributed by atoms with Gasteiger partial charge in [-0.2, -0.15) is 0 Å². The lowest BCUT2D eigenvalue weighted by Crippen LogP contribution is -2.38. The lowest BCUT2D eigenvalue weighted by atomic mass is 9.76. The van der Waals surface area contributed by atoms with Crippen molar-refractivity contribution in [3.63, 3.8) is 0 Å². The molecule has 0 saturated heterocycles. The molecule has 7 heteroatoms. The Bertz CT molecular complexity index is 1070. The van der Waals surface area contributed by atoms with Crippen LogP contribution in [0.3, 0.4) is 0 Å². The molecule has 3 aromatic rings. The molecule has 1 N–H and O–H groups in total. The van der Waals surface area contributed by atoms with Gasteiger partial charge in [0.25, 0.3) is 0 Å². The monoisotopic (exact) mass is 423 g/mol. The van der Waals surface area contributed by atoms with Gasteiger partial charge in [0, 0.05) is 18.3 Å². The van der Waals surface area contributed by atoms with Crippen molar-refractivity contribution in [2.75, 3.05) is 0 Å². The zero-order valence-corrected chi connectivity index (χ0v) is 18.1. The van der Waals surface area contributed by atoms with Crippen LogP contribution in [-0.4, -0.2) is 25.9 Å². The highest BCUT2D eigenvalue weighted by Gasteiger charge is 2.40. The van der Waals surface area contributed by atoms with Crippen LogP contribution in [0.15, 0.2) is 42.7 Å². The number of pyridine rings is 1. The third-order valence-electron chi connectivity index (χ3n) is 6.31. The first-order valence-electron chi connectivity index (χ1n) is 10.5. The summed E-state index contributed by atoms with van der Waals surface area (Å²) in [5.41, 5.74) is 4.50. The van der Waals surface area contributed by atoms with E-state index in [1.807, 2.05) is 25.1 Å². The number of aromatic nitrogens is 4. The summed E-state index contributed by atoms with van der Waals surface area (Å²) in [6, 6.07) is 12.5. The van der Waals surface area contributed by atoms with E-state index in [1.54, 1.807) is 6.33 Å². The number of nitrogens with zero attached hydrogens (tertiary/aromatic N) is 4. The molecule has 0 radical (unpaired) electrons. The van der Waals surface area contributed by atoms with Crippen LogP contribution in [0.2, 0.25) is 0 Å². The van der Waals surface area contributed by atoms with Crippen molar-refractivity contribution in [2.45, 2.75) is 57.2 Å². The molecule has 156 valence electrons. The van der Waals surface area contributed by atoms with Gasteiger partial charge in [0.05, 0.1) is 17.1 Å². The summed E-state index contributed by atoms with van der Waals surface area (Å²) in [5, 5.41) is 11.7. The van der Waals surface area contributed by atoms with Crippen LogP contribution < -0.4 is 10.1 Å². The molecule has 0 bridgehead atoms. The van der Waals surface area contributed by atoms with Crippen molar-refractivity contribution in [3.8, 4) is 11.6 Å². The minimum absolute atomic E-state index is 0.133.